The van der Waals surface area contributed by atoms with E-state index < -0.39 is 0 Å². The Morgan fingerprint density at radius 2 is 2.27 bits per heavy atom. The summed E-state index contributed by atoms with van der Waals surface area (Å²) in [5, 5.41) is 3.20. The smallest absolute Gasteiger partial charge is 0.118 e. The number of rotatable bonds is 1. The zero-order valence-corrected chi connectivity index (χ0v) is 7.13. The maximum atomic E-state index is 5.54. The Morgan fingerprint density at radius 1 is 1.55 bits per heavy atom. The fourth-order valence-electron chi connectivity index (χ4n) is 1.49. The van der Waals surface area contributed by atoms with Crippen molar-refractivity contribution in [1.82, 2.24) is 5.32 Å². The highest BCUT2D eigenvalue weighted by Crippen LogP contribution is 2.18. The molecule has 11 heavy (non-hydrogen) atoms. The lowest BCUT2D eigenvalue weighted by Gasteiger charge is -2.32. The summed E-state index contributed by atoms with van der Waals surface area (Å²) in [5.41, 5.74) is 0. The van der Waals surface area contributed by atoms with Gasteiger partial charge >= 0.3 is 0 Å². The molecule has 0 aromatic carbocycles. The van der Waals surface area contributed by atoms with Crippen LogP contribution in [0.15, 0.2) is 0 Å². The third-order valence-corrected chi connectivity index (χ3v) is 2.24. The second-order valence-electron chi connectivity index (χ2n) is 2.97. The van der Waals surface area contributed by atoms with Gasteiger partial charge in [-0.15, -0.1) is 6.42 Å². The molecule has 1 fully saturated rings. The molecular weight excluding hydrogens is 138 g/mol. The van der Waals surface area contributed by atoms with Crippen molar-refractivity contribution in [2.75, 3.05) is 7.05 Å². The number of ether oxygens (including phenoxy) is 1. The van der Waals surface area contributed by atoms with E-state index in [0.29, 0.717) is 6.04 Å². The summed E-state index contributed by atoms with van der Waals surface area (Å²) in [5.74, 6) is 2.63. The molecule has 0 spiro atoms. The minimum Gasteiger partial charge on any atom is -0.361 e. The number of nitrogens with one attached hydrogen (secondary N) is 1. The van der Waals surface area contributed by atoms with Gasteiger partial charge in [-0.2, -0.15) is 0 Å². The van der Waals surface area contributed by atoms with Crippen LogP contribution in [0.3, 0.4) is 0 Å². The maximum absolute atomic E-state index is 5.54. The molecule has 1 aliphatic heterocycles. The van der Waals surface area contributed by atoms with Gasteiger partial charge < -0.3 is 10.1 Å². The summed E-state index contributed by atoms with van der Waals surface area (Å²) >= 11 is 0. The van der Waals surface area contributed by atoms with Crippen molar-refractivity contribution in [3.05, 3.63) is 0 Å². The molecule has 0 bridgehead atoms. The van der Waals surface area contributed by atoms with Gasteiger partial charge in [-0.1, -0.05) is 5.92 Å². The van der Waals surface area contributed by atoms with Crippen LogP contribution in [0.5, 0.6) is 0 Å². The van der Waals surface area contributed by atoms with E-state index in [1.165, 1.54) is 0 Å². The Bertz CT molecular complexity index is 161. The molecule has 0 amide bonds. The zero-order chi connectivity index (χ0) is 8.27. The first kappa shape index (κ1) is 8.58. The molecule has 2 heteroatoms. The van der Waals surface area contributed by atoms with Crippen molar-refractivity contribution in [3.63, 3.8) is 0 Å². The molecule has 1 aliphatic rings. The highest BCUT2D eigenvalue weighted by molar-refractivity contribution is 4.98. The molecule has 0 unspecified atom stereocenters. The van der Waals surface area contributed by atoms with Gasteiger partial charge in [-0.25, -0.2) is 0 Å². The minimum atomic E-state index is 0.0367. The van der Waals surface area contributed by atoms with E-state index >= 15 is 0 Å². The number of hydrogen-bond acceptors (Lipinski definition) is 2. The maximum Gasteiger partial charge on any atom is 0.118 e. The summed E-state index contributed by atoms with van der Waals surface area (Å²) < 4.78 is 5.54. The summed E-state index contributed by atoms with van der Waals surface area (Å²) in [6, 6.07) is 0.472. The van der Waals surface area contributed by atoms with Crippen LogP contribution in [-0.4, -0.2) is 25.3 Å². The molecule has 1 rings (SSSR count). The first-order valence-corrected chi connectivity index (χ1v) is 4.06. The summed E-state index contributed by atoms with van der Waals surface area (Å²) in [6.45, 7) is 2.06. The molecule has 1 heterocycles. The van der Waals surface area contributed by atoms with Crippen molar-refractivity contribution in [3.8, 4) is 12.3 Å². The van der Waals surface area contributed by atoms with Gasteiger partial charge in [0.15, 0.2) is 0 Å². The molecule has 1 saturated heterocycles. The van der Waals surface area contributed by atoms with E-state index in [-0.39, 0.29) is 12.2 Å². The van der Waals surface area contributed by atoms with Crippen molar-refractivity contribution < 1.29 is 4.74 Å². The molecular formula is C9H15NO. The van der Waals surface area contributed by atoms with Gasteiger partial charge in [0.05, 0.1) is 6.10 Å². The van der Waals surface area contributed by atoms with Crippen LogP contribution in [0.1, 0.15) is 19.8 Å². The molecule has 62 valence electrons. The van der Waals surface area contributed by atoms with Gasteiger partial charge in [0.25, 0.3) is 0 Å². The Hall–Kier alpha value is -0.520. The SMILES string of the molecule is C#C[C@H]1CC[C@H](NC)[C@@H](C)O1. The molecule has 0 radical (unpaired) electrons. The van der Waals surface area contributed by atoms with Crippen LogP contribution >= 0.6 is 0 Å². The van der Waals surface area contributed by atoms with E-state index in [0.717, 1.165) is 12.8 Å². The van der Waals surface area contributed by atoms with E-state index in [9.17, 15) is 0 Å². The normalized spacial score (nSPS) is 38.1. The zero-order valence-electron chi connectivity index (χ0n) is 7.13. The van der Waals surface area contributed by atoms with Crippen molar-refractivity contribution in [2.24, 2.45) is 0 Å². The van der Waals surface area contributed by atoms with Gasteiger partial charge in [-0.3, -0.25) is 0 Å². The molecule has 0 saturated carbocycles. The first-order valence-electron chi connectivity index (χ1n) is 4.06. The average Bonchev–Trinajstić information content (AvgIpc) is 2.04. The van der Waals surface area contributed by atoms with Crippen molar-refractivity contribution >= 4 is 0 Å². The molecule has 0 aromatic heterocycles. The second kappa shape index (κ2) is 3.75. The van der Waals surface area contributed by atoms with Gasteiger partial charge in [0, 0.05) is 6.04 Å². The number of terminal acetylenes is 1. The number of likely N-dealkylation sites (N-methyl/N-ethyl adjacent to an activating group) is 1. The van der Waals surface area contributed by atoms with Crippen LogP contribution in [0, 0.1) is 12.3 Å². The molecule has 1 N–H and O–H groups in total. The quantitative estimate of drug-likeness (QED) is 0.562. The Kier molecular flexibility index (Phi) is 2.92. The fourth-order valence-corrected chi connectivity index (χ4v) is 1.49. The van der Waals surface area contributed by atoms with Crippen LogP contribution in [0.2, 0.25) is 0 Å². The van der Waals surface area contributed by atoms with Crippen LogP contribution in [0.25, 0.3) is 0 Å². The predicted molar refractivity (Wildman–Crippen MR) is 45.2 cm³/mol. The topological polar surface area (TPSA) is 21.3 Å². The predicted octanol–water partition coefficient (Wildman–Crippen LogP) is 0.775. The Morgan fingerprint density at radius 3 is 2.73 bits per heavy atom. The Labute approximate surface area is 68.3 Å². The second-order valence-corrected chi connectivity index (χ2v) is 2.97. The van der Waals surface area contributed by atoms with Crippen molar-refractivity contribution in [1.29, 1.82) is 0 Å². The van der Waals surface area contributed by atoms with E-state index in [1.807, 2.05) is 7.05 Å². The largest absolute Gasteiger partial charge is 0.361 e. The minimum absolute atomic E-state index is 0.0367. The summed E-state index contributed by atoms with van der Waals surface area (Å²) in [4.78, 5) is 0. The lowest BCUT2D eigenvalue weighted by atomic mass is 10.00. The highest BCUT2D eigenvalue weighted by Gasteiger charge is 2.25. The van der Waals surface area contributed by atoms with Gasteiger partial charge in [0.1, 0.15) is 6.10 Å². The molecule has 0 aromatic rings. The lowest BCUT2D eigenvalue weighted by Crippen LogP contribution is -2.43. The van der Waals surface area contributed by atoms with Crippen molar-refractivity contribution in [2.45, 2.75) is 38.0 Å². The first-order chi connectivity index (χ1) is 5.27. The summed E-state index contributed by atoms with van der Waals surface area (Å²) in [6.07, 6.45) is 7.63. The van der Waals surface area contributed by atoms with E-state index in [2.05, 4.69) is 18.2 Å². The van der Waals surface area contributed by atoms with E-state index in [1.54, 1.807) is 0 Å². The van der Waals surface area contributed by atoms with Crippen LogP contribution < -0.4 is 5.32 Å². The molecule has 2 nitrogen and oxygen atoms in total. The third-order valence-electron chi connectivity index (χ3n) is 2.24. The van der Waals surface area contributed by atoms with E-state index in [4.69, 9.17) is 11.2 Å². The standard InChI is InChI=1S/C9H15NO/c1-4-8-5-6-9(10-3)7(2)11-8/h1,7-10H,5-6H2,2-3H3/t7-,8+,9+/m1/s1. The lowest BCUT2D eigenvalue weighted by molar-refractivity contribution is -0.0292. The molecule has 3 atom stereocenters. The van der Waals surface area contributed by atoms with Crippen LogP contribution in [-0.2, 0) is 4.74 Å². The highest BCUT2D eigenvalue weighted by atomic mass is 16.5. The van der Waals surface area contributed by atoms with Gasteiger partial charge in [0.2, 0.25) is 0 Å². The number of hydrogen-bond donors (Lipinski definition) is 1. The fraction of sp³-hybridized carbons (Fsp3) is 0.778. The Balaban J connectivity index is 2.42. The monoisotopic (exact) mass is 153 g/mol. The van der Waals surface area contributed by atoms with Gasteiger partial charge in [-0.05, 0) is 26.8 Å². The summed E-state index contributed by atoms with van der Waals surface area (Å²) in [7, 11) is 1.96. The third kappa shape index (κ3) is 1.95. The molecule has 0 aliphatic carbocycles. The average molecular weight is 153 g/mol. The van der Waals surface area contributed by atoms with Crippen LogP contribution in [0.4, 0.5) is 0 Å².